The molecule has 0 radical (unpaired) electrons. The van der Waals surface area contributed by atoms with Gasteiger partial charge in [0.25, 0.3) is 0 Å². The lowest BCUT2D eigenvalue weighted by Gasteiger charge is -2.34. The van der Waals surface area contributed by atoms with Gasteiger partial charge >= 0.3 is 0 Å². The fourth-order valence-electron chi connectivity index (χ4n) is 3.95. The minimum atomic E-state index is -3.52. The SMILES string of the molecule is C[C@H]1CCCC[C@@H]1NC(=O)C1CCN(S(=O)(=O)c2ccc(Cl)cc2)CC1. The summed E-state index contributed by atoms with van der Waals surface area (Å²) in [6, 6.07) is 6.49. The second-order valence-electron chi connectivity index (χ2n) is 7.51. The Hall–Kier alpha value is -1.11. The highest BCUT2D eigenvalue weighted by atomic mass is 35.5. The zero-order valence-electron chi connectivity index (χ0n) is 15.2. The molecular formula is C19H27ClN2O3S. The second-order valence-corrected chi connectivity index (χ2v) is 9.88. The summed E-state index contributed by atoms with van der Waals surface area (Å²) in [7, 11) is -3.52. The monoisotopic (exact) mass is 398 g/mol. The normalized spacial score (nSPS) is 25.8. The average Bonchev–Trinajstić information content (AvgIpc) is 2.64. The average molecular weight is 399 g/mol. The van der Waals surface area contributed by atoms with Crippen molar-refractivity contribution in [1.29, 1.82) is 0 Å². The third kappa shape index (κ3) is 4.41. The Labute approximate surface area is 161 Å². The highest BCUT2D eigenvalue weighted by Gasteiger charge is 2.33. The molecule has 0 bridgehead atoms. The van der Waals surface area contributed by atoms with Crippen molar-refractivity contribution >= 4 is 27.5 Å². The summed E-state index contributed by atoms with van der Waals surface area (Å²) in [6.45, 7) is 2.96. The molecule has 1 aliphatic heterocycles. The minimum Gasteiger partial charge on any atom is -0.353 e. The van der Waals surface area contributed by atoms with Crippen LogP contribution in [0.1, 0.15) is 45.4 Å². The first-order valence-electron chi connectivity index (χ1n) is 9.44. The first-order valence-corrected chi connectivity index (χ1v) is 11.3. The molecule has 144 valence electrons. The highest BCUT2D eigenvalue weighted by Crippen LogP contribution is 2.27. The Balaban J connectivity index is 1.56. The molecule has 7 heteroatoms. The van der Waals surface area contributed by atoms with Crippen LogP contribution < -0.4 is 5.32 Å². The number of sulfonamides is 1. The van der Waals surface area contributed by atoms with E-state index in [1.807, 2.05) is 0 Å². The maximum atomic E-state index is 12.7. The molecule has 1 heterocycles. The number of hydrogen-bond acceptors (Lipinski definition) is 3. The molecule has 2 aliphatic rings. The summed E-state index contributed by atoms with van der Waals surface area (Å²) in [5.74, 6) is 0.520. The largest absolute Gasteiger partial charge is 0.353 e. The number of nitrogens with zero attached hydrogens (tertiary/aromatic N) is 1. The molecule has 2 fully saturated rings. The number of nitrogens with one attached hydrogen (secondary N) is 1. The van der Waals surface area contributed by atoms with E-state index in [1.165, 1.54) is 35.7 Å². The zero-order chi connectivity index (χ0) is 18.7. The number of carbonyl (C=O) groups excluding carboxylic acids is 1. The number of rotatable bonds is 4. The smallest absolute Gasteiger partial charge is 0.243 e. The van der Waals surface area contributed by atoms with Crippen molar-refractivity contribution in [3.63, 3.8) is 0 Å². The van der Waals surface area contributed by atoms with E-state index >= 15 is 0 Å². The second kappa shape index (κ2) is 8.28. The van der Waals surface area contributed by atoms with Crippen LogP contribution in [0.25, 0.3) is 0 Å². The molecule has 1 aliphatic carbocycles. The molecule has 3 rings (SSSR count). The van der Waals surface area contributed by atoms with E-state index in [9.17, 15) is 13.2 Å². The Kier molecular flexibility index (Phi) is 6.25. The van der Waals surface area contributed by atoms with Gasteiger partial charge in [-0.05, 0) is 55.9 Å². The summed E-state index contributed by atoms with van der Waals surface area (Å²) in [6.07, 6.45) is 5.78. The lowest BCUT2D eigenvalue weighted by molar-refractivity contribution is -0.127. The molecular weight excluding hydrogens is 372 g/mol. The minimum absolute atomic E-state index is 0.0901. The fourth-order valence-corrected chi connectivity index (χ4v) is 5.54. The van der Waals surface area contributed by atoms with E-state index in [0.717, 1.165) is 6.42 Å². The lowest BCUT2D eigenvalue weighted by atomic mass is 9.85. The molecule has 26 heavy (non-hydrogen) atoms. The van der Waals surface area contributed by atoms with Gasteiger partial charge in [-0.2, -0.15) is 4.31 Å². The number of hydrogen-bond donors (Lipinski definition) is 1. The molecule has 1 aromatic carbocycles. The molecule has 1 saturated heterocycles. The summed E-state index contributed by atoms with van der Waals surface area (Å²) in [5.41, 5.74) is 0. The maximum absolute atomic E-state index is 12.7. The predicted octanol–water partition coefficient (Wildman–Crippen LogP) is 3.44. The van der Waals surface area contributed by atoms with Crippen LogP contribution in [-0.2, 0) is 14.8 Å². The first-order chi connectivity index (χ1) is 12.4. The van der Waals surface area contributed by atoms with E-state index in [-0.39, 0.29) is 22.8 Å². The number of piperidine rings is 1. The third-order valence-corrected chi connectivity index (χ3v) is 7.88. The van der Waals surface area contributed by atoms with E-state index in [2.05, 4.69) is 12.2 Å². The Bertz CT molecular complexity index is 728. The summed E-state index contributed by atoms with van der Waals surface area (Å²) >= 11 is 5.84. The molecule has 0 unspecified atom stereocenters. The van der Waals surface area contributed by atoms with Gasteiger partial charge in [0.1, 0.15) is 0 Å². The topological polar surface area (TPSA) is 66.5 Å². The van der Waals surface area contributed by atoms with Gasteiger partial charge in [0.2, 0.25) is 15.9 Å². The molecule has 5 nitrogen and oxygen atoms in total. The Morgan fingerprint density at radius 2 is 1.69 bits per heavy atom. The van der Waals surface area contributed by atoms with Crippen LogP contribution in [0.2, 0.25) is 5.02 Å². The summed E-state index contributed by atoms with van der Waals surface area (Å²) in [5, 5.41) is 3.72. The van der Waals surface area contributed by atoms with Crippen molar-refractivity contribution in [2.75, 3.05) is 13.1 Å². The van der Waals surface area contributed by atoms with Crippen LogP contribution >= 0.6 is 11.6 Å². The number of halogens is 1. The van der Waals surface area contributed by atoms with E-state index in [4.69, 9.17) is 11.6 Å². The molecule has 0 aromatic heterocycles. The van der Waals surface area contributed by atoms with Gasteiger partial charge in [0.05, 0.1) is 4.90 Å². The van der Waals surface area contributed by atoms with E-state index in [0.29, 0.717) is 36.9 Å². The van der Waals surface area contributed by atoms with Crippen LogP contribution in [-0.4, -0.2) is 37.8 Å². The number of amides is 1. The van der Waals surface area contributed by atoms with Gasteiger partial charge in [-0.3, -0.25) is 4.79 Å². The quantitative estimate of drug-likeness (QED) is 0.844. The molecule has 1 aromatic rings. The molecule has 1 saturated carbocycles. The van der Waals surface area contributed by atoms with E-state index < -0.39 is 10.0 Å². The van der Waals surface area contributed by atoms with Gasteiger partial charge in [-0.1, -0.05) is 31.4 Å². The summed E-state index contributed by atoms with van der Waals surface area (Å²) in [4.78, 5) is 12.8. The summed E-state index contributed by atoms with van der Waals surface area (Å²) < 4.78 is 26.9. The number of carbonyl (C=O) groups is 1. The van der Waals surface area contributed by atoms with Gasteiger partial charge in [0.15, 0.2) is 0 Å². The van der Waals surface area contributed by atoms with Crippen LogP contribution in [0.5, 0.6) is 0 Å². The van der Waals surface area contributed by atoms with Crippen molar-refractivity contribution < 1.29 is 13.2 Å². The maximum Gasteiger partial charge on any atom is 0.243 e. The fraction of sp³-hybridized carbons (Fsp3) is 0.632. The Morgan fingerprint density at radius 1 is 1.08 bits per heavy atom. The highest BCUT2D eigenvalue weighted by molar-refractivity contribution is 7.89. The Morgan fingerprint density at radius 3 is 2.31 bits per heavy atom. The molecule has 1 N–H and O–H groups in total. The zero-order valence-corrected chi connectivity index (χ0v) is 16.7. The first kappa shape index (κ1) is 19.6. The van der Waals surface area contributed by atoms with Gasteiger partial charge in [0, 0.05) is 30.1 Å². The van der Waals surface area contributed by atoms with Crippen molar-refractivity contribution in [3.05, 3.63) is 29.3 Å². The van der Waals surface area contributed by atoms with Crippen molar-refractivity contribution in [3.8, 4) is 0 Å². The van der Waals surface area contributed by atoms with Crippen molar-refractivity contribution in [2.45, 2.75) is 56.4 Å². The van der Waals surface area contributed by atoms with Gasteiger partial charge < -0.3 is 5.32 Å². The van der Waals surface area contributed by atoms with Crippen LogP contribution in [0.15, 0.2) is 29.2 Å². The van der Waals surface area contributed by atoms with Crippen molar-refractivity contribution in [1.82, 2.24) is 9.62 Å². The standard InChI is InChI=1S/C19H27ClN2O3S/c1-14-4-2-3-5-18(14)21-19(23)15-10-12-22(13-11-15)26(24,25)17-8-6-16(20)7-9-17/h6-9,14-15,18H,2-5,10-13H2,1H3,(H,21,23)/t14-,18-/m0/s1. The molecule has 1 amide bonds. The van der Waals surface area contributed by atoms with Crippen LogP contribution in [0.3, 0.4) is 0 Å². The van der Waals surface area contributed by atoms with Gasteiger partial charge in [-0.25, -0.2) is 8.42 Å². The molecule has 2 atom stereocenters. The van der Waals surface area contributed by atoms with Crippen molar-refractivity contribution in [2.24, 2.45) is 11.8 Å². The molecule has 0 spiro atoms. The van der Waals surface area contributed by atoms with E-state index in [1.54, 1.807) is 12.1 Å². The van der Waals surface area contributed by atoms with Crippen LogP contribution in [0, 0.1) is 11.8 Å². The third-order valence-electron chi connectivity index (χ3n) is 5.72. The number of benzene rings is 1. The lowest BCUT2D eigenvalue weighted by Crippen LogP contribution is -2.47. The van der Waals surface area contributed by atoms with Crippen LogP contribution in [0.4, 0.5) is 0 Å². The van der Waals surface area contributed by atoms with Gasteiger partial charge in [-0.15, -0.1) is 0 Å². The predicted molar refractivity (Wildman–Crippen MR) is 102 cm³/mol.